The molecular weight excluding hydrogens is 440 g/mol. The molecule has 7 heteroatoms. The van der Waals surface area contributed by atoms with Crippen molar-refractivity contribution in [2.45, 2.75) is 57.8 Å². The normalized spacial score (nSPS) is 18.7. The maximum absolute atomic E-state index is 13.1. The lowest BCUT2D eigenvalue weighted by Crippen LogP contribution is -2.40. The van der Waals surface area contributed by atoms with Crippen LogP contribution in [0.2, 0.25) is 5.02 Å². The maximum Gasteiger partial charge on any atom is 0.335 e. The van der Waals surface area contributed by atoms with Gasteiger partial charge in [-0.2, -0.15) is 0 Å². The molecule has 1 aromatic heterocycles. The first kappa shape index (κ1) is 23.3. The number of fused-ring (bicyclic) bond motifs is 2. The summed E-state index contributed by atoms with van der Waals surface area (Å²) in [5.41, 5.74) is 3.05. The van der Waals surface area contributed by atoms with Crippen LogP contribution in [0.3, 0.4) is 0 Å². The number of aromatic nitrogens is 1. The van der Waals surface area contributed by atoms with Gasteiger partial charge in [0.2, 0.25) is 0 Å². The number of hydrogen-bond acceptors (Lipinski definition) is 4. The molecule has 33 heavy (non-hydrogen) atoms. The van der Waals surface area contributed by atoms with Gasteiger partial charge in [-0.05, 0) is 69.5 Å². The van der Waals surface area contributed by atoms with Crippen molar-refractivity contribution in [3.05, 3.63) is 70.4 Å². The average molecular weight is 469 g/mol. The lowest BCUT2D eigenvalue weighted by Gasteiger charge is -2.25. The minimum atomic E-state index is -0.702. The van der Waals surface area contributed by atoms with Crippen LogP contribution in [0.1, 0.15) is 55.2 Å². The fraction of sp³-hybridized carbons (Fsp3) is 0.385. The molecule has 0 saturated carbocycles. The molecule has 6 nitrogen and oxygen atoms in total. The van der Waals surface area contributed by atoms with Crippen LogP contribution in [-0.4, -0.2) is 41.2 Å². The Labute approximate surface area is 198 Å². The topological polar surface area (TPSA) is 80.4 Å². The molecule has 0 aliphatic heterocycles. The molecule has 3 atom stereocenters. The van der Waals surface area contributed by atoms with Gasteiger partial charge in [-0.3, -0.25) is 4.79 Å². The summed E-state index contributed by atoms with van der Waals surface area (Å²) in [4.78, 5) is 28.6. The summed E-state index contributed by atoms with van der Waals surface area (Å²) in [5, 5.41) is 4.66. The molecule has 2 N–H and O–H groups in total. The molecule has 0 saturated heterocycles. The molecule has 3 aromatic rings. The molecule has 1 unspecified atom stereocenters. The molecule has 0 radical (unpaired) electrons. The zero-order valence-electron chi connectivity index (χ0n) is 19.3. The van der Waals surface area contributed by atoms with Crippen molar-refractivity contribution >= 4 is 34.4 Å². The van der Waals surface area contributed by atoms with Gasteiger partial charge in [0.05, 0.1) is 6.61 Å². The number of rotatable bonds is 6. The molecule has 1 aliphatic rings. The summed E-state index contributed by atoms with van der Waals surface area (Å²) in [5.74, 6) is -0.662. The van der Waals surface area contributed by atoms with Gasteiger partial charge in [-0.25, -0.2) is 4.79 Å². The number of aromatic amines is 1. The van der Waals surface area contributed by atoms with Crippen LogP contribution in [0.4, 0.5) is 0 Å². The maximum atomic E-state index is 13.1. The Morgan fingerprint density at radius 1 is 1.18 bits per heavy atom. The van der Waals surface area contributed by atoms with E-state index >= 15 is 0 Å². The molecule has 1 amide bonds. The van der Waals surface area contributed by atoms with Crippen molar-refractivity contribution < 1.29 is 19.1 Å². The van der Waals surface area contributed by atoms with E-state index in [1.165, 1.54) is 5.56 Å². The number of carbonyl (C=O) groups is 2. The Balaban J connectivity index is 1.48. The number of nitrogens with one attached hydrogen (secondary N) is 2. The Morgan fingerprint density at radius 3 is 2.70 bits per heavy atom. The average Bonchev–Trinajstić information content (AvgIpc) is 3.31. The number of hydrogen-bond donors (Lipinski definition) is 2. The first-order chi connectivity index (χ1) is 15.6. The van der Waals surface area contributed by atoms with Crippen LogP contribution in [0, 0.1) is 0 Å². The van der Waals surface area contributed by atoms with Crippen molar-refractivity contribution in [2.24, 2.45) is 0 Å². The van der Waals surface area contributed by atoms with E-state index in [0.29, 0.717) is 23.7 Å². The van der Waals surface area contributed by atoms with Gasteiger partial charge in [0, 0.05) is 27.9 Å². The number of amides is 1. The summed E-state index contributed by atoms with van der Waals surface area (Å²) in [6, 6.07) is 15.2. The standard InChI is InChI=1S/C26H29ClN2O4/c1-15(25(31)33-26(2,3)4)32-14-20-19-8-6-5-7-16(19)12-22(20)29-24(30)23-13-17-11-18(27)9-10-21(17)28-23/h5-11,13,15,20,22,28H,12,14H2,1-4H3,(H,29,30)/t15?,20-,22-/m1/s1. The summed E-state index contributed by atoms with van der Waals surface area (Å²) in [6.07, 6.45) is -0.00481. The smallest absolute Gasteiger partial charge is 0.335 e. The van der Waals surface area contributed by atoms with Crippen molar-refractivity contribution in [1.82, 2.24) is 10.3 Å². The van der Waals surface area contributed by atoms with E-state index in [-0.39, 0.29) is 17.9 Å². The van der Waals surface area contributed by atoms with Gasteiger partial charge in [0.1, 0.15) is 11.3 Å². The highest BCUT2D eigenvalue weighted by molar-refractivity contribution is 6.31. The second-order valence-corrected chi connectivity index (χ2v) is 9.95. The van der Waals surface area contributed by atoms with Crippen LogP contribution in [0.25, 0.3) is 10.9 Å². The first-order valence-electron chi connectivity index (χ1n) is 11.1. The van der Waals surface area contributed by atoms with E-state index in [9.17, 15) is 9.59 Å². The van der Waals surface area contributed by atoms with Crippen molar-refractivity contribution in [2.75, 3.05) is 6.61 Å². The summed E-state index contributed by atoms with van der Waals surface area (Å²) in [6.45, 7) is 7.47. The molecule has 0 spiro atoms. The van der Waals surface area contributed by atoms with Gasteiger partial charge >= 0.3 is 5.97 Å². The molecular formula is C26H29ClN2O4. The highest BCUT2D eigenvalue weighted by Gasteiger charge is 2.35. The summed E-state index contributed by atoms with van der Waals surface area (Å²) in [7, 11) is 0. The third kappa shape index (κ3) is 5.40. The number of ether oxygens (including phenoxy) is 2. The van der Waals surface area contributed by atoms with E-state index in [1.807, 2.05) is 45.0 Å². The molecule has 4 rings (SSSR count). The second kappa shape index (κ2) is 9.20. The van der Waals surface area contributed by atoms with Gasteiger partial charge in [-0.1, -0.05) is 35.9 Å². The zero-order chi connectivity index (χ0) is 23.8. The largest absolute Gasteiger partial charge is 0.458 e. The minimum absolute atomic E-state index is 0.0751. The fourth-order valence-electron chi connectivity index (χ4n) is 4.21. The first-order valence-corrected chi connectivity index (χ1v) is 11.5. The zero-order valence-corrected chi connectivity index (χ0v) is 20.0. The monoisotopic (exact) mass is 468 g/mol. The van der Waals surface area contributed by atoms with E-state index < -0.39 is 17.7 Å². The molecule has 2 aromatic carbocycles. The minimum Gasteiger partial charge on any atom is -0.458 e. The van der Waals surface area contributed by atoms with Crippen molar-refractivity contribution in [1.29, 1.82) is 0 Å². The Kier molecular flexibility index (Phi) is 6.50. The van der Waals surface area contributed by atoms with Crippen LogP contribution in [-0.2, 0) is 20.7 Å². The SMILES string of the molecule is CC(OC[C@@H]1c2ccccc2C[C@H]1NC(=O)c1cc2cc(Cl)ccc2[nH]1)C(=O)OC(C)(C)C. The van der Waals surface area contributed by atoms with E-state index in [2.05, 4.69) is 22.4 Å². The van der Waals surface area contributed by atoms with E-state index in [1.54, 1.807) is 19.1 Å². The quantitative estimate of drug-likeness (QED) is 0.498. The summed E-state index contributed by atoms with van der Waals surface area (Å²) < 4.78 is 11.3. The van der Waals surface area contributed by atoms with Crippen molar-refractivity contribution in [3.63, 3.8) is 0 Å². The van der Waals surface area contributed by atoms with E-state index in [0.717, 1.165) is 16.5 Å². The molecule has 0 fully saturated rings. The molecule has 174 valence electrons. The predicted octanol–water partition coefficient (Wildman–Crippen LogP) is 5.01. The number of H-pyrrole nitrogens is 1. The van der Waals surface area contributed by atoms with E-state index in [4.69, 9.17) is 21.1 Å². The van der Waals surface area contributed by atoms with Gasteiger partial charge in [-0.15, -0.1) is 0 Å². The molecule has 0 bridgehead atoms. The molecule has 1 heterocycles. The number of benzene rings is 2. The number of esters is 1. The summed E-state index contributed by atoms with van der Waals surface area (Å²) >= 11 is 6.07. The second-order valence-electron chi connectivity index (χ2n) is 9.51. The van der Waals surface area contributed by atoms with Gasteiger partial charge in [0.15, 0.2) is 6.10 Å². The third-order valence-electron chi connectivity index (χ3n) is 5.79. The van der Waals surface area contributed by atoms with Crippen molar-refractivity contribution in [3.8, 4) is 0 Å². The number of carbonyl (C=O) groups excluding carboxylic acids is 2. The fourth-order valence-corrected chi connectivity index (χ4v) is 4.39. The third-order valence-corrected chi connectivity index (χ3v) is 6.02. The Hall–Kier alpha value is -2.83. The van der Waals surface area contributed by atoms with Crippen LogP contribution in [0.15, 0.2) is 48.5 Å². The Bertz CT molecular complexity index is 1180. The number of halogens is 1. The lowest BCUT2D eigenvalue weighted by atomic mass is 9.99. The molecule has 1 aliphatic carbocycles. The van der Waals surface area contributed by atoms with Gasteiger partial charge in [0.25, 0.3) is 5.91 Å². The highest BCUT2D eigenvalue weighted by Crippen LogP contribution is 2.34. The predicted molar refractivity (Wildman–Crippen MR) is 129 cm³/mol. The highest BCUT2D eigenvalue weighted by atomic mass is 35.5. The van der Waals surface area contributed by atoms with Crippen LogP contribution >= 0.6 is 11.6 Å². The lowest BCUT2D eigenvalue weighted by molar-refractivity contribution is -0.167. The Morgan fingerprint density at radius 2 is 1.94 bits per heavy atom. The van der Waals surface area contributed by atoms with Gasteiger partial charge < -0.3 is 19.8 Å². The van der Waals surface area contributed by atoms with Crippen LogP contribution < -0.4 is 5.32 Å². The van der Waals surface area contributed by atoms with Crippen LogP contribution in [0.5, 0.6) is 0 Å².